The number of benzene rings is 11. The molecule has 13 rings (SSSR count). The molecule has 0 saturated carbocycles. The Labute approximate surface area is 674 Å². The van der Waals surface area contributed by atoms with Crippen molar-refractivity contribution >= 4 is 43.1 Å². The molecule has 11 aromatic carbocycles. The third-order valence-corrected chi connectivity index (χ3v) is 28.2. The van der Waals surface area contributed by atoms with Crippen molar-refractivity contribution in [2.75, 3.05) is 0 Å². The van der Waals surface area contributed by atoms with E-state index in [0.717, 1.165) is 38.0 Å². The molecule has 0 amide bonds. The molecule has 3 atom stereocenters. The Morgan fingerprint density at radius 3 is 1.28 bits per heavy atom. The van der Waals surface area contributed by atoms with Gasteiger partial charge in [-0.2, -0.15) is 0 Å². The Morgan fingerprint density at radius 1 is 0.306 bits per heavy atom. The number of aryl methyl sites for hydroxylation is 4. The zero-order valence-corrected chi connectivity index (χ0v) is 71.6. The monoisotopic (exact) mass is 1470 g/mol. The first kappa shape index (κ1) is 81.5. The molecule has 0 bridgehead atoms. The van der Waals surface area contributed by atoms with Crippen LogP contribution in [0.5, 0.6) is 0 Å². The molecule has 3 unspecified atom stereocenters. The molecule has 0 heteroatoms. The number of fused-ring (bicyclic) bond motifs is 10. The molecule has 0 aromatic heterocycles. The Kier molecular flexibility index (Phi) is 27.6. The molecule has 11 aromatic rings. The Hall–Kier alpha value is -7.54. The lowest BCUT2D eigenvalue weighted by Gasteiger charge is -2.53. The molecule has 2 aliphatic carbocycles. The highest BCUT2D eigenvalue weighted by molar-refractivity contribution is 6.17. The van der Waals surface area contributed by atoms with Gasteiger partial charge in [-0.25, -0.2) is 0 Å². The highest BCUT2D eigenvalue weighted by atomic mass is 14.5. The second kappa shape index (κ2) is 37.6. The maximum atomic E-state index is 2.82. The van der Waals surface area contributed by atoms with E-state index in [1.165, 1.54) is 347 Å². The Bertz CT molecular complexity index is 4910. The van der Waals surface area contributed by atoms with Gasteiger partial charge in [0.05, 0.1) is 0 Å². The average molecular weight is 1470 g/mol. The second-order valence-corrected chi connectivity index (χ2v) is 36.1. The van der Waals surface area contributed by atoms with Gasteiger partial charge in [0.25, 0.3) is 0 Å². The van der Waals surface area contributed by atoms with E-state index in [9.17, 15) is 0 Å². The standard InChI is InChI=1S/C111H140/c1-14-22-28-32-34-42-64-111(65-43-35-33-29-23-15-2)106-75-86(53-59-95(106)92-62-56-87(76-103(92)109(111,11)12)107-96-50-40-38-48-90(96)79(10)100-72-84(54-60-98(100)107)67-80(20-7)44-26-18-5)74-101-91-49-39-41-51-97(91)108(99-61-55-85(73-102(99)101)68-81(21-8)45-27-19-6)88-57-63-94-93-58-52-78(9)66-104(93)110(13,105(94)77-88)89-70-82(46-36-30-24-16-3)69-83(71-89)47-37-31-25-17-4/h38-41,48-63,66,69-73,75-77,80-81H,14-37,42-47,64-65,67-68,74H2,1-13H3. The summed E-state index contributed by atoms with van der Waals surface area (Å²) in [5.74, 6) is 1.38. The molecule has 584 valence electrons. The van der Waals surface area contributed by atoms with Crippen LogP contribution in [0.3, 0.4) is 0 Å². The molecule has 0 saturated heterocycles. The van der Waals surface area contributed by atoms with Crippen LogP contribution in [0, 0.1) is 25.7 Å². The maximum absolute atomic E-state index is 2.82. The van der Waals surface area contributed by atoms with Gasteiger partial charge < -0.3 is 0 Å². The summed E-state index contributed by atoms with van der Waals surface area (Å²) in [6.45, 7) is 31.7. The first-order chi connectivity index (χ1) is 54.2. The summed E-state index contributed by atoms with van der Waals surface area (Å²) in [7, 11) is 0. The van der Waals surface area contributed by atoms with Gasteiger partial charge in [-0.15, -0.1) is 0 Å². The summed E-state index contributed by atoms with van der Waals surface area (Å²) < 4.78 is 0. The summed E-state index contributed by atoms with van der Waals surface area (Å²) in [6, 6.07) is 73.4. The summed E-state index contributed by atoms with van der Waals surface area (Å²) in [5.41, 5.74) is 29.8. The molecular weight excluding hydrogens is 1330 g/mol. The Morgan fingerprint density at radius 2 is 0.730 bits per heavy atom. The van der Waals surface area contributed by atoms with E-state index >= 15 is 0 Å². The van der Waals surface area contributed by atoms with Crippen LogP contribution < -0.4 is 0 Å². The first-order valence-corrected chi connectivity index (χ1v) is 45.7. The van der Waals surface area contributed by atoms with Gasteiger partial charge in [-0.1, -0.05) is 406 Å². The number of hydrogen-bond acceptors (Lipinski definition) is 0. The topological polar surface area (TPSA) is 0 Å². The Balaban J connectivity index is 0.987. The van der Waals surface area contributed by atoms with Crippen LogP contribution in [-0.4, -0.2) is 0 Å². The molecule has 2 aliphatic rings. The van der Waals surface area contributed by atoms with Crippen LogP contribution in [0.2, 0.25) is 0 Å². The van der Waals surface area contributed by atoms with Gasteiger partial charge in [0.1, 0.15) is 0 Å². The lowest BCUT2D eigenvalue weighted by atomic mass is 9.50. The second-order valence-electron chi connectivity index (χ2n) is 36.1. The molecule has 0 fully saturated rings. The summed E-state index contributed by atoms with van der Waals surface area (Å²) >= 11 is 0. The lowest BCUT2D eigenvalue weighted by Crippen LogP contribution is -2.48. The van der Waals surface area contributed by atoms with Gasteiger partial charge in [0.15, 0.2) is 0 Å². The van der Waals surface area contributed by atoms with E-state index in [0.29, 0.717) is 5.92 Å². The van der Waals surface area contributed by atoms with Crippen LogP contribution in [0.25, 0.3) is 87.6 Å². The van der Waals surface area contributed by atoms with Crippen LogP contribution in [0.15, 0.2) is 176 Å². The predicted molar refractivity (Wildman–Crippen MR) is 489 cm³/mol. The van der Waals surface area contributed by atoms with E-state index in [1.54, 1.807) is 5.56 Å². The van der Waals surface area contributed by atoms with Gasteiger partial charge in [-0.3, -0.25) is 0 Å². The minimum Gasteiger partial charge on any atom is -0.0654 e. The number of hydrogen-bond donors (Lipinski definition) is 0. The van der Waals surface area contributed by atoms with E-state index in [-0.39, 0.29) is 16.2 Å². The fraction of sp³-hybridized carbons (Fsp3) is 0.477. The molecule has 0 heterocycles. The fourth-order valence-electron chi connectivity index (χ4n) is 21.3. The molecule has 0 radical (unpaired) electrons. The highest BCUT2D eigenvalue weighted by Crippen LogP contribution is 2.61. The zero-order valence-electron chi connectivity index (χ0n) is 71.6. The van der Waals surface area contributed by atoms with Crippen molar-refractivity contribution in [2.45, 2.75) is 331 Å². The van der Waals surface area contributed by atoms with Gasteiger partial charge >= 0.3 is 0 Å². The molecular formula is C111H140. The minimum atomic E-state index is -0.332. The quantitative estimate of drug-likeness (QED) is 0.0265. The normalized spacial score (nSPS) is 15.4. The van der Waals surface area contributed by atoms with Crippen molar-refractivity contribution in [3.8, 4) is 44.5 Å². The van der Waals surface area contributed by atoms with Gasteiger partial charge in [-0.05, 0) is 262 Å². The number of unbranched alkanes of at least 4 members (excludes halogenated alkanes) is 18. The van der Waals surface area contributed by atoms with Crippen molar-refractivity contribution in [3.05, 3.63) is 248 Å². The zero-order chi connectivity index (χ0) is 77.7. The number of rotatable bonds is 41. The smallest absolute Gasteiger partial charge is 0.0436 e. The summed E-state index contributed by atoms with van der Waals surface area (Å²) in [6.07, 6.45) is 43.9. The summed E-state index contributed by atoms with van der Waals surface area (Å²) in [4.78, 5) is 0. The minimum absolute atomic E-state index is 0.0826. The first-order valence-electron chi connectivity index (χ1n) is 45.7. The molecule has 0 nitrogen and oxygen atoms in total. The van der Waals surface area contributed by atoms with Crippen molar-refractivity contribution in [2.24, 2.45) is 11.8 Å². The third-order valence-electron chi connectivity index (χ3n) is 28.2. The van der Waals surface area contributed by atoms with E-state index in [4.69, 9.17) is 0 Å². The molecule has 111 heavy (non-hydrogen) atoms. The SMILES string of the molecule is CCCCCCCCC1(CCCCCCCC)c2cc(Cc3c4ccccc4c(-c4ccc5c(c4)C(C)(c4cc(CCCCCC)cc(CCCCCC)c4)c4cc(C)ccc4-5)c4ccc(CC(CC)CCCC)cc34)ccc2-c2ccc(-c3c4ccccc4c(C)c4cc(CC(CC)CCCC)ccc34)cc2C1(C)C. The van der Waals surface area contributed by atoms with Crippen LogP contribution in [-0.2, 0) is 48.3 Å². The van der Waals surface area contributed by atoms with Crippen LogP contribution in [0.1, 0.15) is 341 Å². The van der Waals surface area contributed by atoms with E-state index < -0.39 is 0 Å². The van der Waals surface area contributed by atoms with Gasteiger partial charge in [0, 0.05) is 10.8 Å². The van der Waals surface area contributed by atoms with Crippen molar-refractivity contribution in [3.63, 3.8) is 0 Å². The van der Waals surface area contributed by atoms with Crippen molar-refractivity contribution < 1.29 is 0 Å². The largest absolute Gasteiger partial charge is 0.0654 e. The van der Waals surface area contributed by atoms with Crippen LogP contribution >= 0.6 is 0 Å². The van der Waals surface area contributed by atoms with Crippen molar-refractivity contribution in [1.29, 1.82) is 0 Å². The average Bonchev–Trinajstić information content (AvgIpc) is 0.822. The third kappa shape index (κ3) is 17.2. The fourth-order valence-corrected chi connectivity index (χ4v) is 21.3. The highest BCUT2D eigenvalue weighted by Gasteiger charge is 2.51. The molecule has 0 spiro atoms. The lowest BCUT2D eigenvalue weighted by molar-refractivity contribution is 0.199. The van der Waals surface area contributed by atoms with E-state index in [2.05, 4.69) is 266 Å². The van der Waals surface area contributed by atoms with E-state index in [1.807, 2.05) is 0 Å². The molecule has 0 aliphatic heterocycles. The van der Waals surface area contributed by atoms with Crippen molar-refractivity contribution in [1.82, 2.24) is 0 Å². The molecule has 0 N–H and O–H groups in total. The van der Waals surface area contributed by atoms with Gasteiger partial charge in [0.2, 0.25) is 0 Å². The maximum Gasteiger partial charge on any atom is 0.0436 e. The summed E-state index contributed by atoms with van der Waals surface area (Å²) in [5, 5.41) is 11.2. The predicted octanol–water partition coefficient (Wildman–Crippen LogP) is 33.6. The van der Waals surface area contributed by atoms with Crippen LogP contribution in [0.4, 0.5) is 0 Å².